The van der Waals surface area contributed by atoms with E-state index in [0.717, 1.165) is 60.0 Å². The number of halogens is 3. The van der Waals surface area contributed by atoms with Gasteiger partial charge in [-0.15, -0.1) is 0 Å². The van der Waals surface area contributed by atoms with E-state index in [1.165, 1.54) is 96.8 Å². The van der Waals surface area contributed by atoms with E-state index in [1.54, 1.807) is 22.7 Å². The van der Waals surface area contributed by atoms with Crippen molar-refractivity contribution in [2.24, 2.45) is 0 Å². The molecule has 1 unspecified atom stereocenters. The fourth-order valence-corrected chi connectivity index (χ4v) is 31.0. The summed E-state index contributed by atoms with van der Waals surface area (Å²) in [6.07, 6.45) is 0. The second-order valence-electron chi connectivity index (χ2n) is 22.6. The summed E-state index contributed by atoms with van der Waals surface area (Å²) in [5.41, 5.74) is 11.6. The van der Waals surface area contributed by atoms with Crippen molar-refractivity contribution in [2.75, 3.05) is 0 Å². The normalized spacial score (nSPS) is 13.7. The summed E-state index contributed by atoms with van der Waals surface area (Å²) in [7, 11) is 0. The van der Waals surface area contributed by atoms with Crippen LogP contribution < -0.4 is 21.2 Å². The van der Waals surface area contributed by atoms with Crippen molar-refractivity contribution in [3.63, 3.8) is 0 Å². The minimum absolute atomic E-state index is 0.298. The Morgan fingerprint density at radius 3 is 1.18 bits per heavy atom. The average Bonchev–Trinajstić information content (AvgIpc) is 1.68. The maximum atomic E-state index is 16.7. The number of thiophene rings is 2. The van der Waals surface area contributed by atoms with Crippen molar-refractivity contribution in [1.82, 2.24) is 0 Å². The van der Waals surface area contributed by atoms with E-state index in [2.05, 4.69) is 293 Å². The van der Waals surface area contributed by atoms with Gasteiger partial charge in [0.05, 0.1) is 0 Å². The molecule has 14 aromatic carbocycles. The Morgan fingerprint density at radius 1 is 0.253 bits per heavy atom. The Balaban J connectivity index is 0.742. The molecule has 3 heterocycles. The molecule has 0 aliphatic carbocycles. The predicted molar refractivity (Wildman–Crippen MR) is 381 cm³/mol. The monoisotopic (exact) mass is 1490 g/mol. The Kier molecular flexibility index (Phi) is 12.8. The second kappa shape index (κ2) is 20.9. The van der Waals surface area contributed by atoms with Gasteiger partial charge in [-0.05, 0) is 0 Å². The van der Waals surface area contributed by atoms with Gasteiger partial charge >= 0.3 is 537 Å². The third-order valence-electron chi connectivity index (χ3n) is 17.6. The first kappa shape index (κ1) is 53.3. The van der Waals surface area contributed by atoms with Gasteiger partial charge in [-0.25, -0.2) is 0 Å². The van der Waals surface area contributed by atoms with Crippen LogP contribution in [0.15, 0.2) is 279 Å². The summed E-state index contributed by atoms with van der Waals surface area (Å²) < 4.78 is 46.4. The van der Waals surface area contributed by atoms with Crippen LogP contribution in [0.2, 0.25) is 0 Å². The quantitative estimate of drug-likeness (QED) is 0.107. The van der Waals surface area contributed by atoms with E-state index >= 15 is 6.14 Å². The molecule has 0 amide bonds. The second-order valence-corrected chi connectivity index (χ2v) is 40.9. The predicted octanol–water partition coefficient (Wildman–Crippen LogP) is 20.2. The summed E-state index contributed by atoms with van der Waals surface area (Å²) in [5, 5.41) is 11.9. The Bertz CT molecular complexity index is 5520. The molecular weight excluding hydrogens is 1440 g/mol. The van der Waals surface area contributed by atoms with Crippen LogP contribution in [0.25, 0.3) is 117 Å². The average molecular weight is 1490 g/mol. The molecule has 7 heteroatoms. The molecule has 0 N–H and O–H groups in total. The van der Waals surface area contributed by atoms with Crippen LogP contribution >= 0.6 is 59.5 Å². The van der Waals surface area contributed by atoms with Crippen molar-refractivity contribution in [1.29, 1.82) is 0 Å². The van der Waals surface area contributed by atoms with Crippen LogP contribution in [-0.4, -0.2) is 0 Å². The number of aryl methyl sites for hydroxylation is 2. The molecule has 1 aliphatic heterocycles. The fourth-order valence-electron chi connectivity index (χ4n) is 13.2. The van der Waals surface area contributed by atoms with Crippen molar-refractivity contribution < 1.29 is 27.3 Å². The Hall–Kier alpha value is -7.91. The maximum absolute atomic E-state index is 16.7. The zero-order valence-electron chi connectivity index (χ0n) is 47.3. The van der Waals surface area contributed by atoms with Gasteiger partial charge in [-0.2, -0.15) is 0 Å². The Labute approximate surface area is 530 Å². The molecule has 418 valence electrons. The third-order valence-corrected chi connectivity index (χ3v) is 37.6. The number of benzene rings is 14. The van der Waals surface area contributed by atoms with Crippen LogP contribution in [0.4, 0.5) is 0 Å². The summed E-state index contributed by atoms with van der Waals surface area (Å²) in [5.74, 6) is 0. The van der Waals surface area contributed by atoms with Gasteiger partial charge in [0.15, 0.2) is 0 Å². The molecule has 87 heavy (non-hydrogen) atoms. The SMILES string of the molecule is Cc1ccccc1-c1cc(I(=O)(c2ccc(-c3ccc4c5ccc(-c6ccc(I(=O)(c7ccc8sc9ccccc9c8c7)c7ccc8sc9ccccc9c8c7)cc6)cc5c5ccccc5c4c3)cc2)c2ccc3c(c2)-c2ccccc2[I-]3)ccc1C. The topological polar surface area (TPSA) is 34.1 Å². The van der Waals surface area contributed by atoms with E-state index < -0.39 is 36.8 Å². The van der Waals surface area contributed by atoms with Gasteiger partial charge in [0.1, 0.15) is 0 Å². The zero-order chi connectivity index (χ0) is 58.1. The molecule has 0 fully saturated rings. The molecule has 17 rings (SSSR count). The Morgan fingerprint density at radius 2 is 0.632 bits per heavy atom. The van der Waals surface area contributed by atoms with Crippen molar-refractivity contribution in [3.8, 4) is 44.5 Å². The number of fused-ring (bicyclic) bond motifs is 15. The first-order valence-electron chi connectivity index (χ1n) is 29.1. The van der Waals surface area contributed by atoms with Crippen LogP contribution in [0, 0.1) is 42.4 Å². The molecule has 0 saturated heterocycles. The summed E-state index contributed by atoms with van der Waals surface area (Å²) in [6.45, 7) is 4.32. The number of hydrogen-bond acceptors (Lipinski definition) is 4. The first-order chi connectivity index (χ1) is 42.6. The standard InChI is InChI=1S/C80H52I3O2S2/c1-49-13-3-4-14-61(49)69-45-57(30-23-50(69)2)82(84,58-35-40-76-72(46-58)66-17-7-10-20-75(66)81-76)55-31-24-51(25-32-55)53-28-38-64-65-39-29-54(44-71(65)63-16-6-5-15-62(63)70(64)43-53)52-26-33-56(34-27-52)83(85,59-36-41-79-73(47-59)67-18-8-11-21-77(67)86-79)60-37-42-80-74(48-60)68-19-9-12-22-78(68)87-80/h3-48H,1-2H3/q-1. The van der Waals surface area contributed by atoms with Gasteiger partial charge in [0, 0.05) is 0 Å². The number of hydrogen-bond donors (Lipinski definition) is 0. The summed E-state index contributed by atoms with van der Waals surface area (Å²) >= 11 is -5.62. The molecule has 1 atom stereocenters. The molecule has 0 saturated carbocycles. The third kappa shape index (κ3) is 8.61. The molecule has 2 nitrogen and oxygen atoms in total. The van der Waals surface area contributed by atoms with Crippen LogP contribution in [-0.2, 0) is 6.14 Å². The molecule has 1 aliphatic rings. The summed E-state index contributed by atoms with van der Waals surface area (Å²) in [4.78, 5) is 0. The molecule has 2 aromatic heterocycles. The van der Waals surface area contributed by atoms with Crippen LogP contribution in [0.3, 0.4) is 0 Å². The van der Waals surface area contributed by atoms with Gasteiger partial charge in [0.2, 0.25) is 0 Å². The van der Waals surface area contributed by atoms with Gasteiger partial charge < -0.3 is 0 Å². The van der Waals surface area contributed by atoms with Crippen molar-refractivity contribution in [2.45, 2.75) is 13.8 Å². The van der Waals surface area contributed by atoms with E-state index in [0.29, 0.717) is 0 Å². The van der Waals surface area contributed by atoms with Gasteiger partial charge in [-0.1, -0.05) is 0 Å². The van der Waals surface area contributed by atoms with E-state index in [1.807, 2.05) is 0 Å². The van der Waals surface area contributed by atoms with Crippen molar-refractivity contribution >= 4 is 132 Å². The molecular formula is C80H52I3O2S2-. The van der Waals surface area contributed by atoms with E-state index in [4.69, 9.17) is 0 Å². The minimum atomic E-state index is -4.46. The number of rotatable bonds is 9. The summed E-state index contributed by atoms with van der Waals surface area (Å²) in [6, 6.07) is 101. The van der Waals surface area contributed by atoms with Crippen LogP contribution in [0.5, 0.6) is 0 Å². The van der Waals surface area contributed by atoms with E-state index in [9.17, 15) is 0 Å². The van der Waals surface area contributed by atoms with Crippen LogP contribution in [0.1, 0.15) is 11.1 Å². The molecule has 16 aromatic rings. The van der Waals surface area contributed by atoms with Crippen molar-refractivity contribution in [3.05, 3.63) is 319 Å². The molecule has 0 spiro atoms. The zero-order valence-corrected chi connectivity index (χ0v) is 55.4. The molecule has 0 radical (unpaired) electrons. The first-order valence-corrected chi connectivity index (χ1v) is 41.1. The van der Waals surface area contributed by atoms with E-state index in [-0.39, 0.29) is 21.2 Å². The fraction of sp³-hybridized carbons (Fsp3) is 0.0250. The molecule has 0 bridgehead atoms. The van der Waals surface area contributed by atoms with Gasteiger partial charge in [-0.3, -0.25) is 0 Å². The van der Waals surface area contributed by atoms with Gasteiger partial charge in [0.25, 0.3) is 0 Å².